The van der Waals surface area contributed by atoms with E-state index >= 15 is 0 Å². The van der Waals surface area contributed by atoms with E-state index in [9.17, 15) is 14.0 Å². The number of unbranched alkanes of at least 4 members (excludes halogenated alkanes) is 3. The standard InChI is InChI=1S/C30H27BrFNO5/c1-3-4-5-6-15-37-24-13-7-18(16-25(24)36-2)27-26-28(34)22-17-20(32)10-14-23(22)38-29(26)30(35)33(27)21-11-8-19(31)9-12-21/h7-14,16-17,27H,3-6,15H2,1-2H3. The third-order valence-electron chi connectivity index (χ3n) is 6.70. The van der Waals surface area contributed by atoms with Crippen LogP contribution in [-0.4, -0.2) is 19.6 Å². The van der Waals surface area contributed by atoms with Crippen molar-refractivity contribution in [1.29, 1.82) is 0 Å². The SMILES string of the molecule is CCCCCCOc1ccc(C2c3c(oc4ccc(F)cc4c3=O)C(=O)N2c2ccc(Br)cc2)cc1OC. The summed E-state index contributed by atoms with van der Waals surface area (Å²) >= 11 is 3.43. The second-order valence-electron chi connectivity index (χ2n) is 9.19. The molecule has 6 nitrogen and oxygen atoms in total. The van der Waals surface area contributed by atoms with Gasteiger partial charge in [-0.15, -0.1) is 0 Å². The predicted octanol–water partition coefficient (Wildman–Crippen LogP) is 7.41. The number of fused-ring (bicyclic) bond motifs is 2. The van der Waals surface area contributed by atoms with Crippen molar-refractivity contribution < 1.29 is 23.1 Å². The molecule has 0 bridgehead atoms. The highest BCUT2D eigenvalue weighted by atomic mass is 79.9. The molecule has 0 spiro atoms. The van der Waals surface area contributed by atoms with E-state index in [0.717, 1.165) is 36.2 Å². The zero-order valence-corrected chi connectivity index (χ0v) is 22.7. The first-order chi connectivity index (χ1) is 18.4. The van der Waals surface area contributed by atoms with Crippen LogP contribution in [0.2, 0.25) is 0 Å². The fourth-order valence-corrected chi connectivity index (χ4v) is 5.08. The first-order valence-electron chi connectivity index (χ1n) is 12.6. The number of carbonyl (C=O) groups excluding carboxylic acids is 1. The predicted molar refractivity (Wildman–Crippen MR) is 148 cm³/mol. The molecule has 1 aliphatic heterocycles. The minimum Gasteiger partial charge on any atom is -0.493 e. The van der Waals surface area contributed by atoms with Crippen molar-refractivity contribution in [1.82, 2.24) is 0 Å². The second kappa shape index (κ2) is 11.0. The van der Waals surface area contributed by atoms with Gasteiger partial charge in [-0.3, -0.25) is 14.5 Å². The number of rotatable bonds is 9. The Kier molecular flexibility index (Phi) is 7.51. The maximum absolute atomic E-state index is 14.1. The average Bonchev–Trinajstić information content (AvgIpc) is 3.22. The van der Waals surface area contributed by atoms with Crippen molar-refractivity contribution in [3.05, 3.63) is 98.1 Å². The Bertz CT molecular complexity index is 1550. The summed E-state index contributed by atoms with van der Waals surface area (Å²) in [7, 11) is 1.55. The zero-order valence-electron chi connectivity index (χ0n) is 21.1. The number of ether oxygens (including phenoxy) is 2. The molecule has 0 saturated heterocycles. The molecule has 4 aromatic rings. The number of amides is 1. The number of hydrogen-bond acceptors (Lipinski definition) is 5. The molecule has 0 N–H and O–H groups in total. The van der Waals surface area contributed by atoms with E-state index < -0.39 is 23.2 Å². The molecule has 0 radical (unpaired) electrons. The number of nitrogens with zero attached hydrogens (tertiary/aromatic N) is 1. The Morgan fingerprint density at radius 1 is 0.974 bits per heavy atom. The van der Waals surface area contributed by atoms with Gasteiger partial charge in [0.15, 0.2) is 16.9 Å². The molecule has 8 heteroatoms. The number of hydrogen-bond donors (Lipinski definition) is 0. The van der Waals surface area contributed by atoms with Crippen molar-refractivity contribution in [3.63, 3.8) is 0 Å². The normalized spacial score (nSPS) is 14.7. The van der Waals surface area contributed by atoms with Gasteiger partial charge in [0, 0.05) is 10.2 Å². The number of benzene rings is 3. The molecule has 38 heavy (non-hydrogen) atoms. The molecule has 196 valence electrons. The van der Waals surface area contributed by atoms with Crippen LogP contribution in [0.5, 0.6) is 11.5 Å². The highest BCUT2D eigenvalue weighted by Gasteiger charge is 2.44. The Morgan fingerprint density at radius 2 is 1.76 bits per heavy atom. The van der Waals surface area contributed by atoms with Crippen LogP contribution in [0, 0.1) is 5.82 Å². The zero-order chi connectivity index (χ0) is 26.8. The summed E-state index contributed by atoms with van der Waals surface area (Å²) < 4.78 is 32.4. The molecule has 1 amide bonds. The summed E-state index contributed by atoms with van der Waals surface area (Å²) in [6, 6.07) is 15.5. The Balaban J connectivity index is 1.63. The topological polar surface area (TPSA) is 69.0 Å². The lowest BCUT2D eigenvalue weighted by atomic mass is 9.97. The number of methoxy groups -OCH3 is 1. The van der Waals surface area contributed by atoms with E-state index in [0.29, 0.717) is 29.4 Å². The fourth-order valence-electron chi connectivity index (χ4n) is 4.81. The van der Waals surface area contributed by atoms with E-state index in [4.69, 9.17) is 13.9 Å². The molecule has 1 unspecified atom stereocenters. The van der Waals surface area contributed by atoms with Crippen LogP contribution in [0.4, 0.5) is 10.1 Å². The minimum atomic E-state index is -0.810. The van der Waals surface area contributed by atoms with E-state index in [2.05, 4.69) is 22.9 Å². The molecule has 0 fully saturated rings. The van der Waals surface area contributed by atoms with Gasteiger partial charge in [0.05, 0.1) is 30.7 Å². The molecule has 1 aliphatic rings. The monoisotopic (exact) mass is 579 g/mol. The summed E-state index contributed by atoms with van der Waals surface area (Å²) in [4.78, 5) is 29.0. The number of halogens is 2. The van der Waals surface area contributed by atoms with Crippen LogP contribution in [0.15, 0.2) is 74.3 Å². The third-order valence-corrected chi connectivity index (χ3v) is 7.22. The molecule has 1 aromatic heterocycles. The Morgan fingerprint density at radius 3 is 2.50 bits per heavy atom. The molecule has 5 rings (SSSR count). The van der Waals surface area contributed by atoms with Gasteiger partial charge in [-0.25, -0.2) is 4.39 Å². The van der Waals surface area contributed by atoms with Crippen LogP contribution in [0.3, 0.4) is 0 Å². The van der Waals surface area contributed by atoms with Gasteiger partial charge >= 0.3 is 0 Å². The summed E-state index contributed by atoms with van der Waals surface area (Å²) in [6.45, 7) is 2.72. The van der Waals surface area contributed by atoms with E-state index in [1.165, 1.54) is 17.0 Å². The lowest BCUT2D eigenvalue weighted by molar-refractivity contribution is 0.0971. The molecule has 2 heterocycles. The minimum absolute atomic E-state index is 0.0581. The second-order valence-corrected chi connectivity index (χ2v) is 10.1. The third kappa shape index (κ3) is 4.80. The lowest BCUT2D eigenvalue weighted by Gasteiger charge is -2.26. The largest absolute Gasteiger partial charge is 0.493 e. The summed E-state index contributed by atoms with van der Waals surface area (Å²) in [5.41, 5.74) is 1.09. The molecule has 1 atom stereocenters. The average molecular weight is 580 g/mol. The number of carbonyl (C=O) groups is 1. The van der Waals surface area contributed by atoms with Crippen molar-refractivity contribution in [2.75, 3.05) is 18.6 Å². The van der Waals surface area contributed by atoms with E-state index in [1.807, 2.05) is 18.2 Å². The van der Waals surface area contributed by atoms with Crippen LogP contribution in [0.1, 0.15) is 60.3 Å². The summed E-state index contributed by atoms with van der Waals surface area (Å²) in [6.07, 6.45) is 4.32. The molecular formula is C30H27BrFNO5. The highest BCUT2D eigenvalue weighted by Crippen LogP contribution is 2.43. The van der Waals surface area contributed by atoms with Crippen LogP contribution in [-0.2, 0) is 0 Å². The summed E-state index contributed by atoms with van der Waals surface area (Å²) in [5.74, 6) is 0.00609. The highest BCUT2D eigenvalue weighted by molar-refractivity contribution is 9.10. The van der Waals surface area contributed by atoms with Gasteiger partial charge < -0.3 is 13.9 Å². The van der Waals surface area contributed by atoms with Crippen molar-refractivity contribution in [2.45, 2.75) is 38.6 Å². The molecule has 3 aromatic carbocycles. The molecular weight excluding hydrogens is 553 g/mol. The first-order valence-corrected chi connectivity index (χ1v) is 13.4. The van der Waals surface area contributed by atoms with E-state index in [-0.39, 0.29) is 22.3 Å². The van der Waals surface area contributed by atoms with Crippen LogP contribution in [0.25, 0.3) is 11.0 Å². The van der Waals surface area contributed by atoms with Gasteiger partial charge in [0.1, 0.15) is 11.4 Å². The smallest absolute Gasteiger partial charge is 0.295 e. The van der Waals surface area contributed by atoms with Gasteiger partial charge in [-0.1, -0.05) is 48.2 Å². The van der Waals surface area contributed by atoms with Crippen molar-refractivity contribution in [2.24, 2.45) is 0 Å². The number of anilines is 1. The quantitative estimate of drug-likeness (QED) is 0.193. The summed E-state index contributed by atoms with van der Waals surface area (Å²) in [5, 5.41) is 0.0817. The Hall–Kier alpha value is -3.65. The fraction of sp³-hybridized carbons (Fsp3) is 0.267. The van der Waals surface area contributed by atoms with Gasteiger partial charge in [0.25, 0.3) is 5.91 Å². The van der Waals surface area contributed by atoms with Crippen LogP contribution < -0.4 is 19.8 Å². The molecule has 0 saturated carbocycles. The maximum atomic E-state index is 14.1. The van der Waals surface area contributed by atoms with Crippen LogP contribution >= 0.6 is 15.9 Å². The lowest BCUT2D eigenvalue weighted by Crippen LogP contribution is -2.29. The first kappa shape index (κ1) is 26.0. The van der Waals surface area contributed by atoms with Gasteiger partial charge in [-0.2, -0.15) is 0 Å². The van der Waals surface area contributed by atoms with Crippen molar-refractivity contribution >= 4 is 38.5 Å². The Labute approximate surface area is 228 Å². The van der Waals surface area contributed by atoms with Gasteiger partial charge in [-0.05, 0) is 66.6 Å². The molecule has 0 aliphatic carbocycles. The maximum Gasteiger partial charge on any atom is 0.295 e. The van der Waals surface area contributed by atoms with Crippen molar-refractivity contribution in [3.8, 4) is 11.5 Å². The van der Waals surface area contributed by atoms with Gasteiger partial charge in [0.2, 0.25) is 5.76 Å². The van der Waals surface area contributed by atoms with E-state index in [1.54, 1.807) is 31.4 Å².